The highest BCUT2D eigenvalue weighted by atomic mass is 32.1. The molecule has 0 aliphatic carbocycles. The van der Waals surface area contributed by atoms with Crippen LogP contribution in [0.3, 0.4) is 0 Å². The summed E-state index contributed by atoms with van der Waals surface area (Å²) in [5.74, 6) is 0.645. The molecule has 0 unspecified atom stereocenters. The summed E-state index contributed by atoms with van der Waals surface area (Å²) in [4.78, 5) is 5.60. The summed E-state index contributed by atoms with van der Waals surface area (Å²) in [6.07, 6.45) is 2.96. The van der Waals surface area contributed by atoms with E-state index in [0.29, 0.717) is 5.92 Å². The number of nitrogens with two attached hydrogens (primary N) is 1. The van der Waals surface area contributed by atoms with Crippen molar-refractivity contribution in [3.63, 3.8) is 0 Å². The van der Waals surface area contributed by atoms with Gasteiger partial charge in [-0.05, 0) is 12.0 Å². The number of hydrogen-bond acceptors (Lipinski definition) is 3. The van der Waals surface area contributed by atoms with Gasteiger partial charge < -0.3 is 5.73 Å². The molecule has 2 N–H and O–H groups in total. The average Bonchev–Trinajstić information content (AvgIpc) is 2.66. The van der Waals surface area contributed by atoms with Gasteiger partial charge in [-0.2, -0.15) is 0 Å². The van der Waals surface area contributed by atoms with Crippen molar-refractivity contribution in [3.8, 4) is 10.4 Å². The van der Waals surface area contributed by atoms with Crippen molar-refractivity contribution < 1.29 is 0 Å². The van der Waals surface area contributed by atoms with Gasteiger partial charge in [0.1, 0.15) is 0 Å². The third kappa shape index (κ3) is 2.42. The third-order valence-electron chi connectivity index (χ3n) is 2.36. The lowest BCUT2D eigenvalue weighted by molar-refractivity contribution is 0.644. The molecule has 1 aromatic carbocycles. The first-order valence-electron chi connectivity index (χ1n) is 5.46. The second kappa shape index (κ2) is 4.66. The Morgan fingerprint density at radius 3 is 2.75 bits per heavy atom. The fourth-order valence-electron chi connectivity index (χ4n) is 1.60. The molecule has 2 rings (SSSR count). The van der Waals surface area contributed by atoms with Gasteiger partial charge in [0.25, 0.3) is 0 Å². The smallest absolute Gasteiger partial charge is 0.0933 e. The second-order valence-corrected chi connectivity index (χ2v) is 5.42. The van der Waals surface area contributed by atoms with E-state index < -0.39 is 0 Å². The van der Waals surface area contributed by atoms with Crippen LogP contribution in [0.5, 0.6) is 0 Å². The zero-order valence-electron chi connectivity index (χ0n) is 9.60. The lowest BCUT2D eigenvalue weighted by atomic mass is 10.1. The Kier molecular flexibility index (Phi) is 3.25. The molecule has 0 spiro atoms. The van der Waals surface area contributed by atoms with E-state index in [1.807, 2.05) is 30.5 Å². The molecule has 0 aliphatic rings. The van der Waals surface area contributed by atoms with Gasteiger partial charge in [0.05, 0.1) is 9.88 Å². The fourth-order valence-corrected chi connectivity index (χ4v) is 2.78. The van der Waals surface area contributed by atoms with Crippen LogP contribution < -0.4 is 5.73 Å². The Morgan fingerprint density at radius 2 is 2.06 bits per heavy atom. The van der Waals surface area contributed by atoms with Gasteiger partial charge in [-0.15, -0.1) is 11.3 Å². The highest BCUT2D eigenvalue weighted by Gasteiger charge is 2.07. The highest BCUT2D eigenvalue weighted by molar-refractivity contribution is 7.15. The van der Waals surface area contributed by atoms with Crippen LogP contribution in [-0.2, 0) is 6.42 Å². The molecular formula is C13H16N2S. The topological polar surface area (TPSA) is 38.9 Å². The minimum absolute atomic E-state index is 0.645. The van der Waals surface area contributed by atoms with Crippen LogP contribution in [0.15, 0.2) is 30.5 Å². The van der Waals surface area contributed by atoms with E-state index in [1.165, 1.54) is 5.01 Å². The third-order valence-corrected chi connectivity index (χ3v) is 3.42. The molecule has 0 aliphatic heterocycles. The van der Waals surface area contributed by atoms with Gasteiger partial charge in [-0.25, -0.2) is 4.98 Å². The molecule has 0 fully saturated rings. The number of rotatable bonds is 3. The first-order valence-corrected chi connectivity index (χ1v) is 6.28. The van der Waals surface area contributed by atoms with E-state index in [0.717, 1.165) is 22.5 Å². The van der Waals surface area contributed by atoms with E-state index in [2.05, 4.69) is 18.8 Å². The Morgan fingerprint density at radius 1 is 1.31 bits per heavy atom. The first-order chi connectivity index (χ1) is 7.66. The Hall–Kier alpha value is -1.35. The number of benzene rings is 1. The van der Waals surface area contributed by atoms with Crippen LogP contribution in [0.2, 0.25) is 0 Å². The second-order valence-electron chi connectivity index (χ2n) is 4.30. The maximum absolute atomic E-state index is 5.94. The van der Waals surface area contributed by atoms with Crippen LogP contribution in [0.4, 0.5) is 5.69 Å². The summed E-state index contributed by atoms with van der Waals surface area (Å²) >= 11 is 1.74. The molecular weight excluding hydrogens is 216 g/mol. The summed E-state index contributed by atoms with van der Waals surface area (Å²) in [6, 6.07) is 7.93. The van der Waals surface area contributed by atoms with Gasteiger partial charge in [0.2, 0.25) is 0 Å². The molecule has 0 saturated heterocycles. The molecule has 0 radical (unpaired) electrons. The van der Waals surface area contributed by atoms with Crippen molar-refractivity contribution in [2.75, 3.05) is 5.73 Å². The van der Waals surface area contributed by atoms with Crippen molar-refractivity contribution in [1.29, 1.82) is 0 Å². The van der Waals surface area contributed by atoms with Gasteiger partial charge in [0.15, 0.2) is 0 Å². The summed E-state index contributed by atoms with van der Waals surface area (Å²) < 4.78 is 0. The van der Waals surface area contributed by atoms with Crippen molar-refractivity contribution in [1.82, 2.24) is 4.98 Å². The van der Waals surface area contributed by atoms with Crippen LogP contribution in [-0.4, -0.2) is 4.98 Å². The lowest BCUT2D eigenvalue weighted by Gasteiger charge is -2.01. The minimum Gasteiger partial charge on any atom is -0.398 e. The Labute approximate surface area is 100 Å². The average molecular weight is 232 g/mol. The SMILES string of the molecule is CC(C)Cc1ncc(-c2ccccc2N)s1. The molecule has 0 amide bonds. The lowest BCUT2D eigenvalue weighted by Crippen LogP contribution is -1.91. The molecule has 16 heavy (non-hydrogen) atoms. The zero-order valence-corrected chi connectivity index (χ0v) is 10.4. The van der Waals surface area contributed by atoms with Crippen molar-refractivity contribution >= 4 is 17.0 Å². The van der Waals surface area contributed by atoms with Crippen LogP contribution in [0, 0.1) is 5.92 Å². The van der Waals surface area contributed by atoms with Crippen LogP contribution in [0.25, 0.3) is 10.4 Å². The maximum atomic E-state index is 5.94. The Bertz CT molecular complexity index is 474. The van der Waals surface area contributed by atoms with Gasteiger partial charge in [-0.3, -0.25) is 0 Å². The molecule has 0 bridgehead atoms. The monoisotopic (exact) mass is 232 g/mol. The van der Waals surface area contributed by atoms with Gasteiger partial charge in [-0.1, -0.05) is 32.0 Å². The van der Waals surface area contributed by atoms with Crippen molar-refractivity contribution in [3.05, 3.63) is 35.5 Å². The van der Waals surface area contributed by atoms with E-state index in [-0.39, 0.29) is 0 Å². The van der Waals surface area contributed by atoms with Crippen molar-refractivity contribution in [2.24, 2.45) is 5.92 Å². The summed E-state index contributed by atoms with van der Waals surface area (Å²) in [5.41, 5.74) is 7.86. The normalized spacial score (nSPS) is 10.9. The van der Waals surface area contributed by atoms with E-state index >= 15 is 0 Å². The minimum atomic E-state index is 0.645. The fraction of sp³-hybridized carbons (Fsp3) is 0.308. The van der Waals surface area contributed by atoms with E-state index in [9.17, 15) is 0 Å². The summed E-state index contributed by atoms with van der Waals surface area (Å²) in [7, 11) is 0. The molecule has 0 atom stereocenters. The number of nitrogens with zero attached hydrogens (tertiary/aromatic N) is 1. The summed E-state index contributed by atoms with van der Waals surface area (Å²) in [5, 5.41) is 1.19. The molecule has 2 nitrogen and oxygen atoms in total. The van der Waals surface area contributed by atoms with E-state index in [1.54, 1.807) is 11.3 Å². The number of aromatic nitrogens is 1. The van der Waals surface area contributed by atoms with Gasteiger partial charge in [0, 0.05) is 23.9 Å². The van der Waals surface area contributed by atoms with Gasteiger partial charge >= 0.3 is 0 Å². The van der Waals surface area contributed by atoms with Crippen LogP contribution in [0.1, 0.15) is 18.9 Å². The molecule has 1 aromatic heterocycles. The predicted octanol–water partition coefficient (Wildman–Crippen LogP) is 3.59. The largest absolute Gasteiger partial charge is 0.398 e. The molecule has 0 saturated carbocycles. The predicted molar refractivity (Wildman–Crippen MR) is 70.5 cm³/mol. The number of para-hydroxylation sites is 1. The number of hydrogen-bond donors (Lipinski definition) is 1. The maximum Gasteiger partial charge on any atom is 0.0933 e. The van der Waals surface area contributed by atoms with Crippen LogP contribution >= 0.6 is 11.3 Å². The first kappa shape index (κ1) is 11.1. The standard InChI is InChI=1S/C13H16N2S/c1-9(2)7-13-15-8-12(16-13)10-5-3-4-6-11(10)14/h3-6,8-9H,7,14H2,1-2H3. The summed E-state index contributed by atoms with van der Waals surface area (Å²) in [6.45, 7) is 4.41. The molecule has 1 heterocycles. The zero-order chi connectivity index (χ0) is 11.5. The molecule has 3 heteroatoms. The molecule has 84 valence electrons. The number of anilines is 1. The van der Waals surface area contributed by atoms with Crippen molar-refractivity contribution in [2.45, 2.75) is 20.3 Å². The molecule has 2 aromatic rings. The highest BCUT2D eigenvalue weighted by Crippen LogP contribution is 2.31. The number of nitrogen functional groups attached to an aromatic ring is 1. The number of thiazole rings is 1. The van der Waals surface area contributed by atoms with E-state index in [4.69, 9.17) is 5.73 Å². The Balaban J connectivity index is 2.28. The quantitative estimate of drug-likeness (QED) is 0.821.